The van der Waals surface area contributed by atoms with Gasteiger partial charge in [-0.3, -0.25) is 9.52 Å². The summed E-state index contributed by atoms with van der Waals surface area (Å²) < 4.78 is 75.6. The maximum atomic E-state index is 15.8. The molecule has 1 aliphatic rings. The van der Waals surface area contributed by atoms with Gasteiger partial charge in [-0.15, -0.1) is 11.3 Å². The molecular weight excluding hydrogens is 567 g/mol. The predicted molar refractivity (Wildman–Crippen MR) is 146 cm³/mol. The van der Waals surface area contributed by atoms with Crippen molar-refractivity contribution in [2.75, 3.05) is 23.2 Å². The normalized spacial score (nSPS) is 13.7. The van der Waals surface area contributed by atoms with Crippen LogP contribution in [0.4, 0.5) is 24.7 Å². The molecule has 0 unspecified atom stereocenters. The molecule has 3 N–H and O–H groups in total. The van der Waals surface area contributed by atoms with Crippen LogP contribution < -0.4 is 15.6 Å². The summed E-state index contributed by atoms with van der Waals surface area (Å²) in [7, 11) is -4.64. The number of aliphatic hydroxyl groups excluding tert-OH is 1. The zero-order valence-corrected chi connectivity index (χ0v) is 22.1. The van der Waals surface area contributed by atoms with Gasteiger partial charge in [0, 0.05) is 36.3 Å². The van der Waals surface area contributed by atoms with Gasteiger partial charge in [0.05, 0.1) is 44.7 Å². The molecule has 0 amide bonds. The summed E-state index contributed by atoms with van der Waals surface area (Å²) >= 11 is 1.10. The van der Waals surface area contributed by atoms with Crippen LogP contribution in [-0.2, 0) is 10.0 Å². The van der Waals surface area contributed by atoms with Gasteiger partial charge < -0.3 is 15.0 Å². The van der Waals surface area contributed by atoms with Crippen molar-refractivity contribution in [1.82, 2.24) is 14.5 Å². The predicted octanol–water partition coefficient (Wildman–Crippen LogP) is 4.63. The summed E-state index contributed by atoms with van der Waals surface area (Å²) in [6, 6.07) is 6.50. The van der Waals surface area contributed by atoms with Gasteiger partial charge in [-0.2, -0.15) is 0 Å². The van der Waals surface area contributed by atoms with E-state index in [4.69, 9.17) is 5.11 Å². The largest absolute Gasteiger partial charge is 0.395 e. The topological polar surface area (TPSA) is 126 Å². The second-order valence-corrected chi connectivity index (χ2v) is 11.8. The van der Waals surface area contributed by atoms with E-state index in [1.165, 1.54) is 22.3 Å². The van der Waals surface area contributed by atoms with Crippen molar-refractivity contribution < 1.29 is 26.7 Å². The lowest BCUT2D eigenvalue weighted by Gasteiger charge is -2.16. The van der Waals surface area contributed by atoms with Gasteiger partial charge in [-0.25, -0.2) is 31.6 Å². The summed E-state index contributed by atoms with van der Waals surface area (Å²) in [6.07, 6.45) is 2.83. The number of thiazole rings is 1. The van der Waals surface area contributed by atoms with Gasteiger partial charge in [0.15, 0.2) is 5.82 Å². The summed E-state index contributed by atoms with van der Waals surface area (Å²) in [5.74, 6) is -3.07. The SMILES string of the molecule is O=c1c(-c2c(F)ccc(NS(=O)(=O)c3cc4scnc4cc3F)c2F)cc2cnc(NCCO)cc2n1C1CC1. The van der Waals surface area contributed by atoms with E-state index in [1.807, 2.05) is 4.72 Å². The van der Waals surface area contributed by atoms with Crippen LogP contribution in [0.5, 0.6) is 0 Å². The number of halogens is 3. The molecule has 3 aromatic heterocycles. The molecule has 0 bridgehead atoms. The summed E-state index contributed by atoms with van der Waals surface area (Å²) in [4.78, 5) is 21.1. The van der Waals surface area contributed by atoms with Crippen molar-refractivity contribution in [3.05, 3.63) is 75.9 Å². The van der Waals surface area contributed by atoms with E-state index < -0.39 is 49.2 Å². The molecule has 0 atom stereocenters. The Bertz CT molecular complexity index is 1970. The number of nitrogens with zero attached hydrogens (tertiary/aromatic N) is 3. The average Bonchev–Trinajstić information content (AvgIpc) is 3.65. The number of nitrogens with one attached hydrogen (secondary N) is 2. The molecule has 206 valence electrons. The van der Waals surface area contributed by atoms with Crippen LogP contribution >= 0.6 is 11.3 Å². The maximum absolute atomic E-state index is 15.8. The number of aromatic nitrogens is 3. The zero-order valence-electron chi connectivity index (χ0n) is 20.5. The molecule has 0 radical (unpaired) electrons. The highest BCUT2D eigenvalue weighted by Gasteiger charge is 2.30. The lowest BCUT2D eigenvalue weighted by atomic mass is 10.0. The molecule has 9 nitrogen and oxygen atoms in total. The number of sulfonamides is 1. The molecule has 40 heavy (non-hydrogen) atoms. The zero-order chi connectivity index (χ0) is 28.2. The summed E-state index contributed by atoms with van der Waals surface area (Å²) in [5, 5.41) is 12.4. The number of pyridine rings is 2. The van der Waals surface area contributed by atoms with E-state index in [0.717, 1.165) is 35.6 Å². The van der Waals surface area contributed by atoms with E-state index in [-0.39, 0.29) is 30.3 Å². The van der Waals surface area contributed by atoms with Crippen LogP contribution in [0.2, 0.25) is 0 Å². The lowest BCUT2D eigenvalue weighted by molar-refractivity contribution is 0.311. The molecule has 0 spiro atoms. The highest BCUT2D eigenvalue weighted by atomic mass is 32.2. The Kier molecular flexibility index (Phi) is 6.47. The Morgan fingerprint density at radius 3 is 2.62 bits per heavy atom. The Balaban J connectivity index is 1.46. The molecule has 0 aliphatic heterocycles. The molecule has 14 heteroatoms. The Morgan fingerprint density at radius 2 is 1.88 bits per heavy atom. The monoisotopic (exact) mass is 587 g/mol. The Labute approximate surface area is 229 Å². The van der Waals surface area contributed by atoms with Gasteiger partial charge in [0.1, 0.15) is 22.3 Å². The third-order valence-electron chi connectivity index (χ3n) is 6.53. The minimum Gasteiger partial charge on any atom is -0.395 e. The third-order valence-corrected chi connectivity index (χ3v) is 8.70. The molecule has 3 heterocycles. The van der Waals surface area contributed by atoms with Crippen LogP contribution in [0.15, 0.2) is 57.8 Å². The number of benzene rings is 2. The van der Waals surface area contributed by atoms with Gasteiger partial charge in [0.25, 0.3) is 15.6 Å². The van der Waals surface area contributed by atoms with Crippen molar-refractivity contribution in [1.29, 1.82) is 0 Å². The summed E-state index contributed by atoms with van der Waals surface area (Å²) in [5.41, 5.74) is -0.148. The lowest BCUT2D eigenvalue weighted by Crippen LogP contribution is -2.23. The van der Waals surface area contributed by atoms with Crippen molar-refractivity contribution in [3.8, 4) is 11.1 Å². The highest BCUT2D eigenvalue weighted by molar-refractivity contribution is 7.92. The van der Waals surface area contributed by atoms with Crippen LogP contribution in [0, 0.1) is 17.5 Å². The molecule has 0 saturated heterocycles. The number of fused-ring (bicyclic) bond motifs is 2. The Morgan fingerprint density at radius 1 is 1.07 bits per heavy atom. The van der Waals surface area contributed by atoms with Crippen LogP contribution in [-0.4, -0.2) is 41.2 Å². The van der Waals surface area contributed by atoms with Crippen LogP contribution in [0.3, 0.4) is 0 Å². The van der Waals surface area contributed by atoms with Crippen molar-refractivity contribution >= 4 is 54.0 Å². The Hall–Kier alpha value is -4.01. The number of anilines is 2. The quantitative estimate of drug-likeness (QED) is 0.242. The van der Waals surface area contributed by atoms with E-state index in [0.29, 0.717) is 34.3 Å². The third kappa shape index (κ3) is 4.57. The fourth-order valence-corrected chi connectivity index (χ4v) is 6.45. The first-order valence-corrected chi connectivity index (χ1v) is 14.5. The standard InChI is InChI=1S/C26H20F3N5O4S2/c27-16-3-4-18(33-40(37,38)22-10-21-19(8-17(22)28)32-12-39-21)25(29)24(16)15-7-13-11-31-23(30-5-6-35)9-20(13)34(26(15)36)14-1-2-14/h3-4,7-12,14,33,35H,1-2,5-6H2,(H,30,31). The summed E-state index contributed by atoms with van der Waals surface area (Å²) in [6.45, 7) is 0.116. The van der Waals surface area contributed by atoms with Gasteiger partial charge in [0.2, 0.25) is 0 Å². The maximum Gasteiger partial charge on any atom is 0.264 e. The first kappa shape index (κ1) is 26.2. The fourth-order valence-electron chi connectivity index (χ4n) is 4.53. The number of hydrogen-bond acceptors (Lipinski definition) is 8. The van der Waals surface area contributed by atoms with E-state index in [2.05, 4.69) is 15.3 Å². The van der Waals surface area contributed by atoms with E-state index in [1.54, 1.807) is 6.07 Å². The van der Waals surface area contributed by atoms with E-state index >= 15 is 8.78 Å². The van der Waals surface area contributed by atoms with Crippen LogP contribution in [0.25, 0.3) is 32.2 Å². The number of aliphatic hydroxyl groups is 1. The molecule has 1 aliphatic carbocycles. The van der Waals surface area contributed by atoms with Gasteiger partial charge in [-0.1, -0.05) is 0 Å². The molecule has 2 aromatic carbocycles. The average molecular weight is 588 g/mol. The number of rotatable bonds is 8. The first-order chi connectivity index (χ1) is 19.2. The van der Waals surface area contributed by atoms with Crippen molar-refractivity contribution in [3.63, 3.8) is 0 Å². The second-order valence-electron chi connectivity index (χ2n) is 9.24. The molecular formula is C26H20F3N5O4S2. The van der Waals surface area contributed by atoms with Crippen molar-refractivity contribution in [2.24, 2.45) is 0 Å². The van der Waals surface area contributed by atoms with Crippen LogP contribution in [0.1, 0.15) is 18.9 Å². The second kappa shape index (κ2) is 9.87. The minimum atomic E-state index is -4.64. The van der Waals surface area contributed by atoms with Gasteiger partial charge in [-0.05, 0) is 37.1 Å². The molecule has 6 rings (SSSR count). The first-order valence-electron chi connectivity index (χ1n) is 12.1. The highest BCUT2D eigenvalue weighted by Crippen LogP contribution is 2.38. The fraction of sp³-hybridized carbons (Fsp3) is 0.192. The smallest absolute Gasteiger partial charge is 0.264 e. The minimum absolute atomic E-state index is 0.126. The van der Waals surface area contributed by atoms with E-state index in [9.17, 15) is 17.6 Å². The molecule has 1 fully saturated rings. The van der Waals surface area contributed by atoms with Gasteiger partial charge >= 0.3 is 0 Å². The molecule has 5 aromatic rings. The van der Waals surface area contributed by atoms with Crippen molar-refractivity contribution in [2.45, 2.75) is 23.8 Å². The molecule has 1 saturated carbocycles. The number of hydrogen-bond donors (Lipinski definition) is 3.